The quantitative estimate of drug-likeness (QED) is 0.580. The van der Waals surface area contributed by atoms with E-state index in [2.05, 4.69) is 15.0 Å². The molecule has 4 aromatic rings. The number of fused-ring (bicyclic) bond motifs is 3. The predicted octanol–water partition coefficient (Wildman–Crippen LogP) is 3.04. The van der Waals surface area contributed by atoms with Gasteiger partial charge in [0.15, 0.2) is 0 Å². The average molecular weight is 277 g/mol. The molecule has 1 aromatic carbocycles. The number of H-pyrrole nitrogens is 1. The zero-order valence-electron chi connectivity index (χ0n) is 11.3. The van der Waals surface area contributed by atoms with Crippen molar-refractivity contribution in [3.63, 3.8) is 0 Å². The number of nitrogens with zero attached hydrogens (tertiary/aromatic N) is 2. The van der Waals surface area contributed by atoms with E-state index in [0.717, 1.165) is 22.2 Å². The van der Waals surface area contributed by atoms with Crippen LogP contribution >= 0.6 is 0 Å². The van der Waals surface area contributed by atoms with Crippen molar-refractivity contribution in [2.75, 3.05) is 0 Å². The Bertz CT molecular complexity index is 1020. The van der Waals surface area contributed by atoms with Crippen molar-refractivity contribution in [1.82, 2.24) is 15.0 Å². The number of rotatable bonds is 1. The first-order valence-corrected chi connectivity index (χ1v) is 6.57. The van der Waals surface area contributed by atoms with Crippen LogP contribution in [-0.2, 0) is 0 Å². The van der Waals surface area contributed by atoms with Gasteiger partial charge in [-0.15, -0.1) is 0 Å². The van der Waals surface area contributed by atoms with E-state index in [1.54, 1.807) is 0 Å². The van der Waals surface area contributed by atoms with Gasteiger partial charge in [0, 0.05) is 5.56 Å². The van der Waals surface area contributed by atoms with Crippen LogP contribution in [0.25, 0.3) is 33.5 Å². The van der Waals surface area contributed by atoms with Gasteiger partial charge < -0.3 is 9.40 Å². The minimum atomic E-state index is -0.293. The molecule has 0 aliphatic heterocycles. The lowest BCUT2D eigenvalue weighted by Crippen LogP contribution is -2.04. The maximum absolute atomic E-state index is 11.8. The molecule has 0 saturated carbocycles. The van der Waals surface area contributed by atoms with Crippen LogP contribution in [0.5, 0.6) is 0 Å². The van der Waals surface area contributed by atoms with Gasteiger partial charge >= 0.3 is 0 Å². The summed E-state index contributed by atoms with van der Waals surface area (Å²) in [4.78, 5) is 23.0. The maximum Gasteiger partial charge on any atom is 0.294 e. The Morgan fingerprint density at radius 1 is 1.19 bits per heavy atom. The minimum absolute atomic E-state index is 0.216. The van der Waals surface area contributed by atoms with E-state index < -0.39 is 0 Å². The van der Waals surface area contributed by atoms with Gasteiger partial charge in [-0.1, -0.05) is 30.3 Å². The summed E-state index contributed by atoms with van der Waals surface area (Å²) in [6.07, 6.45) is 1.38. The lowest BCUT2D eigenvalue weighted by molar-refractivity contribution is 0.647. The van der Waals surface area contributed by atoms with Crippen LogP contribution < -0.4 is 5.56 Å². The van der Waals surface area contributed by atoms with Crippen LogP contribution in [0.15, 0.2) is 51.9 Å². The highest BCUT2D eigenvalue weighted by Crippen LogP contribution is 2.29. The molecule has 0 atom stereocenters. The molecular weight excluding hydrogens is 266 g/mol. The zero-order valence-corrected chi connectivity index (χ0v) is 11.3. The van der Waals surface area contributed by atoms with Crippen LogP contribution in [0, 0.1) is 6.92 Å². The summed E-state index contributed by atoms with van der Waals surface area (Å²) in [5.41, 5.74) is 3.72. The molecule has 3 heterocycles. The highest BCUT2D eigenvalue weighted by molar-refractivity contribution is 6.03. The zero-order chi connectivity index (χ0) is 14.4. The topological polar surface area (TPSA) is 71.8 Å². The molecule has 0 spiro atoms. The summed E-state index contributed by atoms with van der Waals surface area (Å²) < 4.78 is 5.61. The molecule has 5 nitrogen and oxygen atoms in total. The molecule has 0 unspecified atom stereocenters. The number of benzene rings is 1. The Kier molecular flexibility index (Phi) is 2.41. The van der Waals surface area contributed by atoms with Crippen molar-refractivity contribution in [2.24, 2.45) is 0 Å². The largest absolute Gasteiger partial charge is 0.430 e. The molecule has 4 rings (SSSR count). The molecule has 1 N–H and O–H groups in total. The first kappa shape index (κ1) is 11.8. The second kappa shape index (κ2) is 4.28. The summed E-state index contributed by atoms with van der Waals surface area (Å²) in [6, 6.07) is 11.8. The number of aromatic amines is 1. The van der Waals surface area contributed by atoms with E-state index in [9.17, 15) is 4.79 Å². The van der Waals surface area contributed by atoms with Crippen molar-refractivity contribution >= 4 is 22.2 Å². The van der Waals surface area contributed by atoms with Gasteiger partial charge in [-0.3, -0.25) is 4.79 Å². The van der Waals surface area contributed by atoms with Crippen molar-refractivity contribution < 1.29 is 4.42 Å². The van der Waals surface area contributed by atoms with E-state index in [4.69, 9.17) is 4.42 Å². The van der Waals surface area contributed by atoms with Gasteiger partial charge in [0.1, 0.15) is 5.52 Å². The van der Waals surface area contributed by atoms with Gasteiger partial charge in [-0.05, 0) is 18.6 Å². The van der Waals surface area contributed by atoms with E-state index in [1.807, 2.05) is 43.3 Å². The van der Waals surface area contributed by atoms with E-state index >= 15 is 0 Å². The predicted molar refractivity (Wildman–Crippen MR) is 80.1 cm³/mol. The Balaban J connectivity index is 2.10. The maximum atomic E-state index is 11.8. The van der Waals surface area contributed by atoms with E-state index in [1.165, 1.54) is 6.33 Å². The van der Waals surface area contributed by atoms with Crippen LogP contribution in [0.4, 0.5) is 0 Å². The fourth-order valence-corrected chi connectivity index (χ4v) is 2.52. The summed E-state index contributed by atoms with van der Waals surface area (Å²) in [5.74, 6) is 0. The summed E-state index contributed by atoms with van der Waals surface area (Å²) in [6.45, 7) is 1.97. The van der Waals surface area contributed by atoms with Gasteiger partial charge in [0.2, 0.25) is 11.3 Å². The minimum Gasteiger partial charge on any atom is -0.430 e. The van der Waals surface area contributed by atoms with Gasteiger partial charge in [0.25, 0.3) is 5.56 Å². The SMILES string of the molecule is Cc1cc(-c2ccccc2)nc2oc3c(=O)[nH]cnc3c12. The Hall–Kier alpha value is -2.95. The number of furan rings is 1. The highest BCUT2D eigenvalue weighted by Gasteiger charge is 2.15. The number of aromatic nitrogens is 3. The molecule has 0 fully saturated rings. The Labute approximate surface area is 119 Å². The number of hydrogen-bond donors (Lipinski definition) is 1. The van der Waals surface area contributed by atoms with Crippen molar-refractivity contribution in [3.8, 4) is 11.3 Å². The monoisotopic (exact) mass is 277 g/mol. The first-order chi connectivity index (χ1) is 10.2. The smallest absolute Gasteiger partial charge is 0.294 e. The molecule has 0 radical (unpaired) electrons. The second-order valence-corrected chi connectivity index (χ2v) is 4.88. The lowest BCUT2D eigenvalue weighted by Gasteiger charge is -2.02. The van der Waals surface area contributed by atoms with Gasteiger partial charge in [0.05, 0.1) is 17.4 Å². The molecule has 0 saturated heterocycles. The molecule has 0 bridgehead atoms. The second-order valence-electron chi connectivity index (χ2n) is 4.88. The molecule has 102 valence electrons. The number of nitrogens with one attached hydrogen (secondary N) is 1. The molecule has 3 aromatic heterocycles. The fourth-order valence-electron chi connectivity index (χ4n) is 2.52. The third-order valence-corrected chi connectivity index (χ3v) is 3.50. The van der Waals surface area contributed by atoms with Gasteiger partial charge in [-0.25, -0.2) is 9.97 Å². The van der Waals surface area contributed by atoms with Crippen molar-refractivity contribution in [1.29, 1.82) is 0 Å². The molecule has 21 heavy (non-hydrogen) atoms. The van der Waals surface area contributed by atoms with Crippen molar-refractivity contribution in [2.45, 2.75) is 6.92 Å². The van der Waals surface area contributed by atoms with Crippen LogP contribution in [-0.4, -0.2) is 15.0 Å². The van der Waals surface area contributed by atoms with Crippen LogP contribution in [0.1, 0.15) is 5.56 Å². The van der Waals surface area contributed by atoms with Gasteiger partial charge in [-0.2, -0.15) is 0 Å². The number of aryl methyl sites for hydroxylation is 1. The molecule has 0 aliphatic rings. The van der Waals surface area contributed by atoms with E-state index in [0.29, 0.717) is 11.2 Å². The molecule has 5 heteroatoms. The fraction of sp³-hybridized carbons (Fsp3) is 0.0625. The Morgan fingerprint density at radius 2 is 2.00 bits per heavy atom. The number of pyridine rings is 1. The van der Waals surface area contributed by atoms with E-state index in [-0.39, 0.29) is 11.1 Å². The molecule has 0 aliphatic carbocycles. The first-order valence-electron chi connectivity index (χ1n) is 6.57. The number of hydrogen-bond acceptors (Lipinski definition) is 4. The average Bonchev–Trinajstić information content (AvgIpc) is 2.89. The van der Waals surface area contributed by atoms with Crippen molar-refractivity contribution in [3.05, 3.63) is 58.6 Å². The standard InChI is InChI=1S/C16H11N3O2/c1-9-7-11(10-5-3-2-4-6-10)19-16-12(9)13-14(21-16)15(20)18-8-17-13/h2-8H,1H3,(H,17,18,20). The van der Waals surface area contributed by atoms with Crippen LogP contribution in [0.2, 0.25) is 0 Å². The lowest BCUT2D eigenvalue weighted by atomic mass is 10.1. The van der Waals surface area contributed by atoms with Crippen LogP contribution in [0.3, 0.4) is 0 Å². The normalized spacial score (nSPS) is 11.3. The summed E-state index contributed by atoms with van der Waals surface area (Å²) in [7, 11) is 0. The molecular formula is C16H11N3O2. The molecule has 0 amide bonds. The third kappa shape index (κ3) is 1.74. The Morgan fingerprint density at radius 3 is 2.81 bits per heavy atom. The summed E-state index contributed by atoms with van der Waals surface area (Å²) in [5, 5.41) is 0.788. The summed E-state index contributed by atoms with van der Waals surface area (Å²) >= 11 is 0. The highest BCUT2D eigenvalue weighted by atomic mass is 16.3. The third-order valence-electron chi connectivity index (χ3n) is 3.50.